The van der Waals surface area contributed by atoms with Gasteiger partial charge in [0.25, 0.3) is 0 Å². The maximum atomic E-state index is 11.7. The van der Waals surface area contributed by atoms with Crippen molar-refractivity contribution in [2.75, 3.05) is 13.7 Å². The van der Waals surface area contributed by atoms with Crippen molar-refractivity contribution in [3.63, 3.8) is 0 Å². The predicted octanol–water partition coefficient (Wildman–Crippen LogP) is 6.27. The number of carbonyl (C=O) groups excluding carboxylic acids is 1. The molecule has 0 fully saturated rings. The first-order valence-corrected chi connectivity index (χ1v) is 14.4. The molecule has 1 aromatic carbocycles. The van der Waals surface area contributed by atoms with Crippen molar-refractivity contribution in [3.05, 3.63) is 48.0 Å². The Morgan fingerprint density at radius 1 is 1.00 bits per heavy atom. The lowest BCUT2D eigenvalue weighted by Crippen LogP contribution is -2.51. The number of benzene rings is 1. The number of rotatable bonds is 15. The molecule has 0 amide bonds. The van der Waals surface area contributed by atoms with Gasteiger partial charge in [0.05, 0.1) is 25.9 Å². The normalized spacial score (nSPS) is 15.4. The number of aliphatic hydroxyl groups is 1. The fourth-order valence-electron chi connectivity index (χ4n) is 4.83. The number of hydrogen-bond acceptors (Lipinski definition) is 5. The number of carbonyl (C=O) groups is 1. The zero-order valence-electron chi connectivity index (χ0n) is 21.9. The average Bonchev–Trinajstić information content (AvgIpc) is 2.77. The zero-order valence-corrected chi connectivity index (χ0v) is 22.9. The Morgan fingerprint density at radius 2 is 1.58 bits per heavy atom. The molecule has 0 aliphatic heterocycles. The van der Waals surface area contributed by atoms with Crippen LogP contribution < -0.4 is 0 Å². The summed E-state index contributed by atoms with van der Waals surface area (Å²) in [4.78, 5) is 11.7. The summed E-state index contributed by atoms with van der Waals surface area (Å²) in [6.45, 7) is 16.6. The van der Waals surface area contributed by atoms with E-state index >= 15 is 0 Å². The molecule has 0 bridgehead atoms. The Morgan fingerprint density at radius 3 is 2.09 bits per heavy atom. The van der Waals surface area contributed by atoms with Gasteiger partial charge in [-0.2, -0.15) is 0 Å². The fraction of sp³-hybridized carbons (Fsp3) is 0.667. The molecule has 1 N–H and O–H groups in total. The van der Waals surface area contributed by atoms with Crippen LogP contribution in [0.15, 0.2) is 42.5 Å². The summed E-state index contributed by atoms with van der Waals surface area (Å²) >= 11 is 0. The van der Waals surface area contributed by atoms with Crippen LogP contribution in [0.2, 0.25) is 16.6 Å². The highest BCUT2D eigenvalue weighted by Gasteiger charge is 2.47. The van der Waals surface area contributed by atoms with Crippen molar-refractivity contribution >= 4 is 14.3 Å². The monoisotopic (exact) mass is 478 g/mol. The van der Waals surface area contributed by atoms with Crippen LogP contribution >= 0.6 is 0 Å². The van der Waals surface area contributed by atoms with E-state index < -0.39 is 14.4 Å². The van der Waals surface area contributed by atoms with Gasteiger partial charge in [0.1, 0.15) is 0 Å². The van der Waals surface area contributed by atoms with E-state index in [-0.39, 0.29) is 18.0 Å². The molecule has 0 aromatic heterocycles. The molecule has 5 nitrogen and oxygen atoms in total. The minimum absolute atomic E-state index is 0.0351. The first-order valence-electron chi connectivity index (χ1n) is 12.3. The molecule has 0 unspecified atom stereocenters. The topological polar surface area (TPSA) is 65.0 Å². The van der Waals surface area contributed by atoms with E-state index in [1.165, 1.54) is 13.2 Å². The molecule has 33 heavy (non-hydrogen) atoms. The second-order valence-electron chi connectivity index (χ2n) is 9.93. The molecule has 0 aliphatic rings. The van der Waals surface area contributed by atoms with Gasteiger partial charge in [-0.15, -0.1) is 0 Å². The molecular formula is C27H46O5Si. The van der Waals surface area contributed by atoms with Gasteiger partial charge in [0.2, 0.25) is 8.32 Å². The Kier molecular flexibility index (Phi) is 13.2. The van der Waals surface area contributed by atoms with Crippen molar-refractivity contribution in [1.29, 1.82) is 0 Å². The minimum Gasteiger partial charge on any atom is -0.466 e. The third kappa shape index (κ3) is 9.36. The van der Waals surface area contributed by atoms with E-state index in [0.29, 0.717) is 42.7 Å². The second-order valence-corrected chi connectivity index (χ2v) is 15.3. The molecule has 0 saturated carbocycles. The predicted molar refractivity (Wildman–Crippen MR) is 138 cm³/mol. The van der Waals surface area contributed by atoms with E-state index in [4.69, 9.17) is 13.9 Å². The van der Waals surface area contributed by atoms with Crippen molar-refractivity contribution in [2.45, 2.75) is 96.7 Å². The minimum atomic E-state index is -2.16. The molecule has 0 heterocycles. The lowest BCUT2D eigenvalue weighted by atomic mass is 9.97. The van der Waals surface area contributed by atoms with Crippen LogP contribution in [0.5, 0.6) is 0 Å². The third-order valence-electron chi connectivity index (χ3n) is 6.60. The Labute approximate surface area is 202 Å². The van der Waals surface area contributed by atoms with Crippen molar-refractivity contribution in [2.24, 2.45) is 5.92 Å². The van der Waals surface area contributed by atoms with E-state index in [9.17, 15) is 9.90 Å². The molecule has 3 atom stereocenters. The average molecular weight is 479 g/mol. The maximum Gasteiger partial charge on any atom is 0.330 e. The Bertz CT molecular complexity index is 680. The van der Waals surface area contributed by atoms with Crippen LogP contribution in [-0.2, 0) is 25.3 Å². The lowest BCUT2D eigenvalue weighted by molar-refractivity contribution is -0.134. The lowest BCUT2D eigenvalue weighted by Gasteiger charge is -2.46. The molecule has 0 spiro atoms. The highest BCUT2D eigenvalue weighted by atomic mass is 28.4. The highest BCUT2D eigenvalue weighted by molar-refractivity contribution is 6.77. The Hall–Kier alpha value is -1.47. The van der Waals surface area contributed by atoms with Gasteiger partial charge < -0.3 is 19.0 Å². The van der Waals surface area contributed by atoms with Gasteiger partial charge in [-0.3, -0.25) is 0 Å². The largest absolute Gasteiger partial charge is 0.466 e. The maximum absolute atomic E-state index is 11.7. The number of methoxy groups -OCH3 is 1. The van der Waals surface area contributed by atoms with Gasteiger partial charge in [-0.25, -0.2) is 4.79 Å². The summed E-state index contributed by atoms with van der Waals surface area (Å²) in [6.07, 6.45) is 3.61. The summed E-state index contributed by atoms with van der Waals surface area (Å²) in [5.41, 5.74) is 2.42. The smallest absolute Gasteiger partial charge is 0.330 e. The molecule has 0 radical (unpaired) electrons. The zero-order chi connectivity index (χ0) is 25.0. The van der Waals surface area contributed by atoms with E-state index in [1.54, 1.807) is 0 Å². The van der Waals surface area contributed by atoms with Crippen molar-refractivity contribution in [3.8, 4) is 0 Å². The first-order chi connectivity index (χ1) is 15.5. The third-order valence-corrected chi connectivity index (χ3v) is 12.7. The van der Waals surface area contributed by atoms with Crippen LogP contribution in [0, 0.1) is 5.92 Å². The van der Waals surface area contributed by atoms with Crippen LogP contribution in [0.1, 0.15) is 66.9 Å². The fourth-order valence-corrected chi connectivity index (χ4v) is 10.5. The van der Waals surface area contributed by atoms with Crippen LogP contribution in [-0.4, -0.2) is 45.3 Å². The summed E-state index contributed by atoms with van der Waals surface area (Å²) in [5, 5.41) is 10.8. The van der Waals surface area contributed by atoms with Gasteiger partial charge in [0.15, 0.2) is 0 Å². The summed E-state index contributed by atoms with van der Waals surface area (Å²) in [7, 11) is -0.786. The SMILES string of the molecule is COC(=O)/C=C\[C@@H](C)[C@@H](C[C@@H](O)CCOCc1ccccc1)O[Si](C(C)C)(C(C)C)C(C)C. The van der Waals surface area contributed by atoms with E-state index in [2.05, 4.69) is 41.5 Å². The van der Waals surface area contributed by atoms with Crippen molar-refractivity contribution < 1.29 is 23.8 Å². The number of ether oxygens (including phenoxy) is 2. The number of aliphatic hydroxyl groups excluding tert-OH is 1. The summed E-state index contributed by atoms with van der Waals surface area (Å²) in [6, 6.07) is 10.0. The van der Waals surface area contributed by atoms with Crippen molar-refractivity contribution in [1.82, 2.24) is 0 Å². The second kappa shape index (κ2) is 14.7. The molecule has 1 aromatic rings. The van der Waals surface area contributed by atoms with E-state index in [0.717, 1.165) is 5.56 Å². The van der Waals surface area contributed by atoms with Gasteiger partial charge in [-0.1, -0.05) is 84.9 Å². The van der Waals surface area contributed by atoms with Gasteiger partial charge in [0, 0.05) is 12.7 Å². The number of hydrogen-bond donors (Lipinski definition) is 1. The van der Waals surface area contributed by atoms with Crippen LogP contribution in [0.25, 0.3) is 0 Å². The van der Waals surface area contributed by atoms with E-state index in [1.807, 2.05) is 43.3 Å². The molecular weight excluding hydrogens is 432 g/mol. The summed E-state index contributed by atoms with van der Waals surface area (Å²) in [5.74, 6) is -0.414. The molecule has 188 valence electrons. The Balaban J connectivity index is 2.90. The quantitative estimate of drug-likeness (QED) is 0.139. The van der Waals surface area contributed by atoms with Crippen LogP contribution in [0.3, 0.4) is 0 Å². The highest BCUT2D eigenvalue weighted by Crippen LogP contribution is 2.44. The van der Waals surface area contributed by atoms with Gasteiger partial charge >= 0.3 is 5.97 Å². The van der Waals surface area contributed by atoms with Gasteiger partial charge in [-0.05, 0) is 40.9 Å². The molecule has 1 rings (SSSR count). The standard InChI is InChI=1S/C27H46O5Si/c1-20(2)33(21(3)4,22(5)6)32-26(23(7)14-15-27(29)30-8)18-25(28)16-17-31-19-24-12-10-9-11-13-24/h9-15,20-23,25-26,28H,16-19H2,1-8H3/b15-14-/t23-,25+,26-/m1/s1. The number of esters is 1. The molecule has 0 aliphatic carbocycles. The molecule has 6 heteroatoms. The molecule has 0 saturated heterocycles. The first kappa shape index (κ1) is 29.6. The van der Waals surface area contributed by atoms with Crippen LogP contribution in [0.4, 0.5) is 0 Å². The summed E-state index contributed by atoms with van der Waals surface area (Å²) < 4.78 is 17.6.